The third-order valence-corrected chi connectivity index (χ3v) is 5.76. The van der Waals surface area contributed by atoms with E-state index in [0.29, 0.717) is 5.69 Å². The Bertz CT molecular complexity index is 830. The van der Waals surface area contributed by atoms with Crippen LogP contribution in [0.1, 0.15) is 6.92 Å². The molecular formula is C14H16N2O4S2. The van der Waals surface area contributed by atoms with Gasteiger partial charge in [0, 0.05) is 12.2 Å². The lowest BCUT2D eigenvalue weighted by Gasteiger charge is -2.09. The molecule has 0 atom stereocenters. The molecule has 2 aromatic rings. The monoisotopic (exact) mass is 340 g/mol. The maximum Gasteiger partial charge on any atom is 0.261 e. The summed E-state index contributed by atoms with van der Waals surface area (Å²) in [5.41, 5.74) is 0.291. The van der Waals surface area contributed by atoms with Crippen LogP contribution in [-0.2, 0) is 20.0 Å². The quantitative estimate of drug-likeness (QED) is 0.838. The lowest BCUT2D eigenvalue weighted by molar-refractivity contribution is 0.584. The molecular weight excluding hydrogens is 324 g/mol. The highest BCUT2D eigenvalue weighted by Gasteiger charge is 2.15. The molecule has 0 heterocycles. The Labute approximate surface area is 130 Å². The van der Waals surface area contributed by atoms with Crippen molar-refractivity contribution in [3.8, 4) is 0 Å². The summed E-state index contributed by atoms with van der Waals surface area (Å²) in [5, 5.41) is 0. The third-order valence-electron chi connectivity index (χ3n) is 2.80. The molecule has 0 unspecified atom stereocenters. The minimum atomic E-state index is -3.69. The lowest BCUT2D eigenvalue weighted by Crippen LogP contribution is -2.23. The van der Waals surface area contributed by atoms with E-state index in [1.807, 2.05) is 0 Å². The Balaban J connectivity index is 2.22. The summed E-state index contributed by atoms with van der Waals surface area (Å²) in [6, 6.07) is 13.4. The van der Waals surface area contributed by atoms with Crippen molar-refractivity contribution in [2.75, 3.05) is 11.3 Å². The molecule has 2 aromatic carbocycles. The van der Waals surface area contributed by atoms with Gasteiger partial charge in [-0.15, -0.1) is 0 Å². The molecule has 0 saturated carbocycles. The lowest BCUT2D eigenvalue weighted by atomic mass is 10.3. The topological polar surface area (TPSA) is 92.3 Å². The molecule has 0 aliphatic rings. The molecule has 0 saturated heterocycles. The Morgan fingerprint density at radius 1 is 0.773 bits per heavy atom. The number of sulfonamides is 2. The van der Waals surface area contributed by atoms with Gasteiger partial charge in [0.2, 0.25) is 10.0 Å². The van der Waals surface area contributed by atoms with Crippen LogP contribution in [0.15, 0.2) is 64.4 Å². The van der Waals surface area contributed by atoms with Gasteiger partial charge in [-0.25, -0.2) is 21.6 Å². The van der Waals surface area contributed by atoms with Crippen LogP contribution >= 0.6 is 0 Å². The molecule has 8 heteroatoms. The van der Waals surface area contributed by atoms with Gasteiger partial charge in [-0.3, -0.25) is 4.72 Å². The van der Waals surface area contributed by atoms with E-state index in [1.54, 1.807) is 25.1 Å². The third kappa shape index (κ3) is 3.85. The van der Waals surface area contributed by atoms with Crippen LogP contribution in [0.3, 0.4) is 0 Å². The van der Waals surface area contributed by atoms with Crippen molar-refractivity contribution in [1.82, 2.24) is 4.72 Å². The van der Waals surface area contributed by atoms with E-state index >= 15 is 0 Å². The zero-order valence-corrected chi connectivity index (χ0v) is 13.5. The summed E-state index contributed by atoms with van der Waals surface area (Å²) in [6.07, 6.45) is 0. The number of hydrogen-bond donors (Lipinski definition) is 2. The number of benzene rings is 2. The molecule has 2 rings (SSSR count). The maximum atomic E-state index is 12.1. The highest BCUT2D eigenvalue weighted by molar-refractivity contribution is 7.92. The molecule has 0 amide bonds. The van der Waals surface area contributed by atoms with Crippen LogP contribution in [-0.4, -0.2) is 23.4 Å². The SMILES string of the molecule is CCNS(=O)(=O)c1ccc(NS(=O)(=O)c2ccccc2)cc1. The summed E-state index contributed by atoms with van der Waals surface area (Å²) >= 11 is 0. The van der Waals surface area contributed by atoms with E-state index in [1.165, 1.54) is 36.4 Å². The fraction of sp³-hybridized carbons (Fsp3) is 0.143. The standard InChI is InChI=1S/C14H16N2O4S2/c1-2-15-21(17,18)14-10-8-12(9-11-14)16-22(19,20)13-6-4-3-5-7-13/h3-11,15-16H,2H2,1H3. The fourth-order valence-corrected chi connectivity index (χ4v) is 3.91. The van der Waals surface area contributed by atoms with Gasteiger partial charge in [0.1, 0.15) is 0 Å². The predicted octanol–water partition coefficient (Wildman–Crippen LogP) is 1.79. The summed E-state index contributed by atoms with van der Waals surface area (Å²) in [7, 11) is -7.24. The van der Waals surface area contributed by atoms with Gasteiger partial charge in [0.15, 0.2) is 0 Å². The molecule has 0 radical (unpaired) electrons. The van der Waals surface area contributed by atoms with Crippen LogP contribution < -0.4 is 9.44 Å². The van der Waals surface area contributed by atoms with Crippen LogP contribution in [0, 0.1) is 0 Å². The zero-order valence-electron chi connectivity index (χ0n) is 11.9. The number of hydrogen-bond acceptors (Lipinski definition) is 4. The van der Waals surface area contributed by atoms with Crippen LogP contribution in [0.25, 0.3) is 0 Å². The number of nitrogens with one attached hydrogen (secondary N) is 2. The summed E-state index contributed by atoms with van der Waals surface area (Å²) in [4.78, 5) is 0.219. The van der Waals surface area contributed by atoms with Crippen LogP contribution in [0.5, 0.6) is 0 Å². The van der Waals surface area contributed by atoms with E-state index in [9.17, 15) is 16.8 Å². The first-order chi connectivity index (χ1) is 10.3. The first-order valence-electron chi connectivity index (χ1n) is 6.53. The largest absolute Gasteiger partial charge is 0.280 e. The minimum Gasteiger partial charge on any atom is -0.280 e. The Kier molecular flexibility index (Phi) is 4.84. The molecule has 22 heavy (non-hydrogen) atoms. The fourth-order valence-electron chi connectivity index (χ4n) is 1.79. The summed E-state index contributed by atoms with van der Waals surface area (Å²) in [5.74, 6) is 0. The molecule has 0 aliphatic heterocycles. The summed E-state index contributed by atoms with van der Waals surface area (Å²) in [6.45, 7) is 1.96. The van der Waals surface area contributed by atoms with E-state index in [-0.39, 0.29) is 16.3 Å². The van der Waals surface area contributed by atoms with Gasteiger partial charge in [-0.2, -0.15) is 0 Å². The van der Waals surface area contributed by atoms with Crippen molar-refractivity contribution in [3.63, 3.8) is 0 Å². The van der Waals surface area contributed by atoms with E-state index in [4.69, 9.17) is 0 Å². The van der Waals surface area contributed by atoms with Crippen molar-refractivity contribution in [1.29, 1.82) is 0 Å². The van der Waals surface area contributed by atoms with Gasteiger partial charge >= 0.3 is 0 Å². The number of anilines is 1. The molecule has 118 valence electrons. The van der Waals surface area contributed by atoms with E-state index < -0.39 is 20.0 Å². The second kappa shape index (κ2) is 6.47. The first-order valence-corrected chi connectivity index (χ1v) is 9.49. The Morgan fingerprint density at radius 3 is 1.86 bits per heavy atom. The molecule has 0 bridgehead atoms. The second-order valence-corrected chi connectivity index (χ2v) is 7.89. The highest BCUT2D eigenvalue weighted by Crippen LogP contribution is 2.18. The second-order valence-electron chi connectivity index (χ2n) is 4.44. The zero-order chi connectivity index (χ0) is 16.2. The smallest absolute Gasteiger partial charge is 0.261 e. The summed E-state index contributed by atoms with van der Waals surface area (Å²) < 4.78 is 52.7. The van der Waals surface area contributed by atoms with Crippen molar-refractivity contribution >= 4 is 25.7 Å². The molecule has 0 fully saturated rings. The van der Waals surface area contributed by atoms with Crippen molar-refractivity contribution < 1.29 is 16.8 Å². The highest BCUT2D eigenvalue weighted by atomic mass is 32.2. The van der Waals surface area contributed by atoms with E-state index in [0.717, 1.165) is 0 Å². The average Bonchev–Trinajstić information content (AvgIpc) is 2.48. The van der Waals surface area contributed by atoms with E-state index in [2.05, 4.69) is 9.44 Å². The van der Waals surface area contributed by atoms with Gasteiger partial charge in [-0.05, 0) is 36.4 Å². The minimum absolute atomic E-state index is 0.0806. The molecule has 6 nitrogen and oxygen atoms in total. The Morgan fingerprint density at radius 2 is 1.32 bits per heavy atom. The molecule has 0 aliphatic carbocycles. The van der Waals surface area contributed by atoms with Crippen molar-refractivity contribution in [2.24, 2.45) is 0 Å². The molecule has 0 aromatic heterocycles. The van der Waals surface area contributed by atoms with Crippen LogP contribution in [0.4, 0.5) is 5.69 Å². The van der Waals surface area contributed by atoms with Crippen molar-refractivity contribution in [2.45, 2.75) is 16.7 Å². The van der Waals surface area contributed by atoms with Gasteiger partial charge in [0.05, 0.1) is 9.79 Å². The normalized spacial score (nSPS) is 12.0. The average molecular weight is 340 g/mol. The number of rotatable bonds is 6. The Hall–Kier alpha value is -1.90. The van der Waals surface area contributed by atoms with Crippen LogP contribution in [0.2, 0.25) is 0 Å². The molecule has 0 spiro atoms. The molecule has 2 N–H and O–H groups in total. The van der Waals surface area contributed by atoms with Crippen molar-refractivity contribution in [3.05, 3.63) is 54.6 Å². The van der Waals surface area contributed by atoms with Gasteiger partial charge in [-0.1, -0.05) is 25.1 Å². The van der Waals surface area contributed by atoms with Gasteiger partial charge < -0.3 is 0 Å². The predicted molar refractivity (Wildman–Crippen MR) is 84.6 cm³/mol. The van der Waals surface area contributed by atoms with Gasteiger partial charge in [0.25, 0.3) is 10.0 Å². The first kappa shape index (κ1) is 16.5. The maximum absolute atomic E-state index is 12.1.